The molecular formula is C21H25ClN3O2+. The molecule has 0 bridgehead atoms. The van der Waals surface area contributed by atoms with Gasteiger partial charge in [-0.3, -0.25) is 9.59 Å². The lowest BCUT2D eigenvalue weighted by Crippen LogP contribution is -3.13. The summed E-state index contributed by atoms with van der Waals surface area (Å²) >= 11 is 6.02. The summed E-state index contributed by atoms with van der Waals surface area (Å²) in [5.41, 5.74) is 3.06. The zero-order valence-electron chi connectivity index (χ0n) is 15.5. The van der Waals surface area contributed by atoms with Crippen LogP contribution in [-0.4, -0.2) is 49.4 Å². The minimum atomic E-state index is -0.322. The fourth-order valence-electron chi connectivity index (χ4n) is 3.34. The molecule has 0 aliphatic carbocycles. The van der Waals surface area contributed by atoms with Crippen molar-refractivity contribution in [3.8, 4) is 0 Å². The molecule has 0 saturated carbocycles. The lowest BCUT2D eigenvalue weighted by molar-refractivity contribution is -0.917. The van der Waals surface area contributed by atoms with Gasteiger partial charge in [-0.2, -0.15) is 0 Å². The molecule has 1 heterocycles. The molecule has 2 N–H and O–H groups in total. The number of carbonyl (C=O) groups is 2. The van der Waals surface area contributed by atoms with E-state index in [2.05, 4.69) is 36.5 Å². The number of hydrogen-bond donors (Lipinski definition) is 2. The molecule has 1 aliphatic rings. The van der Waals surface area contributed by atoms with Gasteiger partial charge in [-0.25, -0.2) is 0 Å². The maximum atomic E-state index is 12.4. The molecule has 0 aromatic heterocycles. The Hall–Kier alpha value is -2.37. The van der Waals surface area contributed by atoms with Crippen LogP contribution in [0.4, 0.5) is 0 Å². The number of piperazine rings is 1. The zero-order valence-corrected chi connectivity index (χ0v) is 16.3. The standard InChI is InChI=1S/C21H24ClN3O2/c1-16-6-2-3-7-17(16)15-24-10-12-25(13-11-24)20(26)14-23-21(27)18-8-4-5-9-19(18)22/h2-9H,10-15H2,1H3,(H,23,27)/p+1. The molecule has 0 radical (unpaired) electrons. The van der Waals surface area contributed by atoms with Gasteiger partial charge in [0, 0.05) is 5.56 Å². The molecule has 6 heteroatoms. The summed E-state index contributed by atoms with van der Waals surface area (Å²) in [6.45, 7) is 6.37. The quantitative estimate of drug-likeness (QED) is 0.814. The molecule has 0 spiro atoms. The predicted molar refractivity (Wildman–Crippen MR) is 106 cm³/mol. The summed E-state index contributed by atoms with van der Waals surface area (Å²) in [4.78, 5) is 27.9. The lowest BCUT2D eigenvalue weighted by atomic mass is 10.1. The van der Waals surface area contributed by atoms with Crippen molar-refractivity contribution in [1.82, 2.24) is 10.2 Å². The first kappa shape index (κ1) is 19.4. The molecule has 3 rings (SSSR count). The molecule has 142 valence electrons. The third-order valence-electron chi connectivity index (χ3n) is 5.04. The number of rotatable bonds is 5. The van der Waals surface area contributed by atoms with Gasteiger partial charge in [-0.15, -0.1) is 0 Å². The van der Waals surface area contributed by atoms with Crippen molar-refractivity contribution in [2.45, 2.75) is 13.5 Å². The number of carbonyl (C=O) groups excluding carboxylic acids is 2. The van der Waals surface area contributed by atoms with E-state index in [9.17, 15) is 9.59 Å². The van der Waals surface area contributed by atoms with E-state index in [4.69, 9.17) is 11.6 Å². The normalized spacial score (nSPS) is 14.8. The fourth-order valence-corrected chi connectivity index (χ4v) is 3.56. The highest BCUT2D eigenvalue weighted by atomic mass is 35.5. The SMILES string of the molecule is Cc1ccccc1C[NH+]1CCN(C(=O)CNC(=O)c2ccccc2Cl)CC1. The number of amides is 2. The summed E-state index contributed by atoms with van der Waals surface area (Å²) < 4.78 is 0. The number of nitrogens with one attached hydrogen (secondary N) is 2. The van der Waals surface area contributed by atoms with Crippen LogP contribution in [0.5, 0.6) is 0 Å². The average Bonchev–Trinajstić information content (AvgIpc) is 2.68. The Balaban J connectivity index is 1.45. The molecule has 2 aromatic carbocycles. The van der Waals surface area contributed by atoms with Crippen molar-refractivity contribution in [2.75, 3.05) is 32.7 Å². The van der Waals surface area contributed by atoms with Crippen molar-refractivity contribution in [2.24, 2.45) is 0 Å². The van der Waals surface area contributed by atoms with E-state index in [0.717, 1.165) is 19.6 Å². The Morgan fingerprint density at radius 1 is 1.07 bits per heavy atom. The Labute approximate surface area is 164 Å². The summed E-state index contributed by atoms with van der Waals surface area (Å²) in [6, 6.07) is 15.3. The van der Waals surface area contributed by atoms with Crippen LogP contribution in [0.3, 0.4) is 0 Å². The van der Waals surface area contributed by atoms with Crippen molar-refractivity contribution in [3.63, 3.8) is 0 Å². The van der Waals surface area contributed by atoms with Gasteiger partial charge in [0.1, 0.15) is 6.54 Å². The van der Waals surface area contributed by atoms with Crippen molar-refractivity contribution < 1.29 is 14.5 Å². The van der Waals surface area contributed by atoms with Crippen LogP contribution in [0.25, 0.3) is 0 Å². The monoisotopic (exact) mass is 386 g/mol. The summed E-state index contributed by atoms with van der Waals surface area (Å²) in [5.74, 6) is -0.372. The van der Waals surface area contributed by atoms with Gasteiger partial charge in [-0.1, -0.05) is 48.0 Å². The highest BCUT2D eigenvalue weighted by Gasteiger charge is 2.24. The fraction of sp³-hybridized carbons (Fsp3) is 0.333. The van der Waals surface area contributed by atoms with Gasteiger partial charge >= 0.3 is 0 Å². The first-order valence-electron chi connectivity index (χ1n) is 9.23. The second-order valence-corrected chi connectivity index (χ2v) is 7.30. The number of benzene rings is 2. The largest absolute Gasteiger partial charge is 0.343 e. The third-order valence-corrected chi connectivity index (χ3v) is 5.37. The van der Waals surface area contributed by atoms with Crippen LogP contribution < -0.4 is 10.2 Å². The predicted octanol–water partition coefficient (Wildman–Crippen LogP) is 1.31. The second kappa shape index (κ2) is 9.02. The van der Waals surface area contributed by atoms with Gasteiger partial charge in [-0.05, 0) is 24.6 Å². The molecule has 0 unspecified atom stereocenters. The molecule has 0 atom stereocenters. The molecule has 1 aliphatic heterocycles. The lowest BCUT2D eigenvalue weighted by Gasteiger charge is -2.32. The van der Waals surface area contributed by atoms with Crippen LogP contribution in [0.2, 0.25) is 5.02 Å². The third kappa shape index (κ3) is 5.08. The zero-order chi connectivity index (χ0) is 19.2. The van der Waals surface area contributed by atoms with Crippen molar-refractivity contribution in [3.05, 3.63) is 70.2 Å². The number of halogens is 1. The smallest absolute Gasteiger partial charge is 0.253 e. The van der Waals surface area contributed by atoms with E-state index in [1.165, 1.54) is 16.0 Å². The summed E-state index contributed by atoms with van der Waals surface area (Å²) in [6.07, 6.45) is 0. The highest BCUT2D eigenvalue weighted by molar-refractivity contribution is 6.33. The van der Waals surface area contributed by atoms with Crippen LogP contribution in [0, 0.1) is 6.92 Å². The number of nitrogens with zero attached hydrogens (tertiary/aromatic N) is 1. The van der Waals surface area contributed by atoms with E-state index >= 15 is 0 Å². The Morgan fingerprint density at radius 3 is 2.44 bits per heavy atom. The number of aryl methyl sites for hydroxylation is 1. The Bertz CT molecular complexity index is 817. The summed E-state index contributed by atoms with van der Waals surface area (Å²) in [7, 11) is 0. The van der Waals surface area contributed by atoms with Crippen molar-refractivity contribution in [1.29, 1.82) is 0 Å². The van der Waals surface area contributed by atoms with Crippen LogP contribution in [0.15, 0.2) is 48.5 Å². The first-order valence-corrected chi connectivity index (χ1v) is 9.61. The van der Waals surface area contributed by atoms with Gasteiger partial charge in [0.15, 0.2) is 0 Å². The molecule has 2 amide bonds. The molecular weight excluding hydrogens is 362 g/mol. The molecule has 1 fully saturated rings. The van der Waals surface area contributed by atoms with Gasteiger partial charge in [0.25, 0.3) is 5.91 Å². The Kier molecular flexibility index (Phi) is 6.48. The summed E-state index contributed by atoms with van der Waals surface area (Å²) in [5, 5.41) is 3.06. The maximum Gasteiger partial charge on any atom is 0.253 e. The van der Waals surface area contributed by atoms with Crippen molar-refractivity contribution >= 4 is 23.4 Å². The van der Waals surface area contributed by atoms with Crippen LogP contribution in [0.1, 0.15) is 21.5 Å². The van der Waals surface area contributed by atoms with E-state index in [0.29, 0.717) is 23.7 Å². The minimum absolute atomic E-state index is 0.00279. The minimum Gasteiger partial charge on any atom is -0.343 e. The molecule has 2 aromatic rings. The molecule has 27 heavy (non-hydrogen) atoms. The van der Waals surface area contributed by atoms with Gasteiger partial charge < -0.3 is 15.1 Å². The van der Waals surface area contributed by atoms with Gasteiger partial charge in [0.05, 0.1) is 43.3 Å². The molecule has 1 saturated heterocycles. The Morgan fingerprint density at radius 2 is 1.74 bits per heavy atom. The number of hydrogen-bond acceptors (Lipinski definition) is 2. The average molecular weight is 387 g/mol. The topological polar surface area (TPSA) is 53.9 Å². The first-order chi connectivity index (χ1) is 13.0. The maximum absolute atomic E-state index is 12.4. The second-order valence-electron chi connectivity index (χ2n) is 6.90. The highest BCUT2D eigenvalue weighted by Crippen LogP contribution is 2.14. The van der Waals surface area contributed by atoms with Gasteiger partial charge in [0.2, 0.25) is 5.91 Å². The molecule has 5 nitrogen and oxygen atoms in total. The van der Waals surface area contributed by atoms with Crippen LogP contribution >= 0.6 is 11.6 Å². The van der Waals surface area contributed by atoms with E-state index < -0.39 is 0 Å². The van der Waals surface area contributed by atoms with Crippen LogP contribution in [-0.2, 0) is 11.3 Å². The van der Waals surface area contributed by atoms with E-state index in [1.807, 2.05) is 4.90 Å². The van der Waals surface area contributed by atoms with E-state index in [1.54, 1.807) is 24.3 Å². The number of quaternary nitrogens is 1. The van der Waals surface area contributed by atoms with E-state index in [-0.39, 0.29) is 18.4 Å².